The van der Waals surface area contributed by atoms with E-state index in [1.807, 2.05) is 41.7 Å². The normalized spacial score (nSPS) is 15.4. The van der Waals surface area contributed by atoms with Crippen LogP contribution in [0.15, 0.2) is 42.7 Å². The average Bonchev–Trinajstić information content (AvgIpc) is 2.74. The number of hydrogen-bond acceptors (Lipinski definition) is 6. The Morgan fingerprint density at radius 3 is 2.86 bits per heavy atom. The molecule has 0 saturated heterocycles. The van der Waals surface area contributed by atoms with Crippen LogP contribution in [0.25, 0.3) is 0 Å². The second-order valence-corrected chi connectivity index (χ2v) is 8.68. The van der Waals surface area contributed by atoms with Crippen LogP contribution in [0, 0.1) is 11.8 Å². The van der Waals surface area contributed by atoms with Crippen molar-refractivity contribution in [1.29, 1.82) is 0 Å². The fourth-order valence-electron chi connectivity index (χ4n) is 3.17. The van der Waals surface area contributed by atoms with Crippen molar-refractivity contribution >= 4 is 29.5 Å². The van der Waals surface area contributed by atoms with Crippen molar-refractivity contribution in [2.45, 2.75) is 23.3 Å². The summed E-state index contributed by atoms with van der Waals surface area (Å²) in [5.41, 5.74) is 2.74. The molecule has 0 spiro atoms. The summed E-state index contributed by atoms with van der Waals surface area (Å²) in [4.78, 5) is 16.5. The van der Waals surface area contributed by atoms with Gasteiger partial charge in [-0.25, -0.2) is 0 Å². The van der Waals surface area contributed by atoms with Gasteiger partial charge in [0, 0.05) is 29.9 Å². The maximum atomic E-state index is 12.4. The maximum absolute atomic E-state index is 12.4. The summed E-state index contributed by atoms with van der Waals surface area (Å²) >= 11 is 3.66. The van der Waals surface area contributed by atoms with Crippen LogP contribution < -0.4 is 4.74 Å². The molecular formula is C22H23NO3S2. The van der Waals surface area contributed by atoms with E-state index in [0.717, 1.165) is 28.9 Å². The highest BCUT2D eigenvalue weighted by Gasteiger charge is 2.36. The Labute approximate surface area is 174 Å². The number of pyridine rings is 1. The van der Waals surface area contributed by atoms with Crippen LogP contribution in [-0.2, 0) is 13.6 Å². The van der Waals surface area contributed by atoms with Gasteiger partial charge in [-0.15, -0.1) is 23.5 Å². The third kappa shape index (κ3) is 4.31. The van der Waals surface area contributed by atoms with Gasteiger partial charge < -0.3 is 9.47 Å². The van der Waals surface area contributed by atoms with Crippen molar-refractivity contribution < 1.29 is 14.3 Å². The van der Waals surface area contributed by atoms with Crippen molar-refractivity contribution in [3.05, 3.63) is 59.4 Å². The largest absolute Gasteiger partial charge is 0.493 e. The van der Waals surface area contributed by atoms with Crippen molar-refractivity contribution in [2.75, 3.05) is 25.7 Å². The first-order valence-corrected chi connectivity index (χ1v) is 11.5. The van der Waals surface area contributed by atoms with E-state index >= 15 is 0 Å². The molecule has 0 saturated carbocycles. The van der Waals surface area contributed by atoms with Crippen LogP contribution in [0.4, 0.5) is 0 Å². The van der Waals surface area contributed by atoms with E-state index < -0.39 is 5.92 Å². The summed E-state index contributed by atoms with van der Waals surface area (Å²) < 4.78 is 11.0. The predicted octanol–water partition coefficient (Wildman–Crippen LogP) is 4.44. The van der Waals surface area contributed by atoms with Crippen LogP contribution in [-0.4, -0.2) is 36.7 Å². The topological polar surface area (TPSA) is 48.4 Å². The van der Waals surface area contributed by atoms with Gasteiger partial charge in [0.05, 0.1) is 17.3 Å². The summed E-state index contributed by atoms with van der Waals surface area (Å²) in [6, 6.07) is 9.64. The Kier molecular flexibility index (Phi) is 6.93. The van der Waals surface area contributed by atoms with Gasteiger partial charge in [-0.1, -0.05) is 17.9 Å². The lowest BCUT2D eigenvalue weighted by Gasteiger charge is -2.36. The Balaban J connectivity index is 1.97. The van der Waals surface area contributed by atoms with Gasteiger partial charge in [0.2, 0.25) is 0 Å². The molecule has 146 valence electrons. The molecule has 0 fully saturated rings. The van der Waals surface area contributed by atoms with E-state index in [9.17, 15) is 4.79 Å². The molecule has 1 aromatic heterocycles. The van der Waals surface area contributed by atoms with Crippen molar-refractivity contribution in [3.8, 4) is 17.6 Å². The molecule has 4 nitrogen and oxygen atoms in total. The zero-order valence-corrected chi connectivity index (χ0v) is 17.9. The molecule has 2 heterocycles. The van der Waals surface area contributed by atoms with Crippen molar-refractivity contribution in [2.24, 2.45) is 0 Å². The maximum Gasteiger partial charge on any atom is 0.325 e. The zero-order chi connectivity index (χ0) is 20.0. The molecule has 0 aliphatic carbocycles. The monoisotopic (exact) mass is 413 g/mol. The number of ether oxygens (including phenoxy) is 2. The Morgan fingerprint density at radius 2 is 2.18 bits per heavy atom. The van der Waals surface area contributed by atoms with E-state index in [1.165, 1.54) is 0 Å². The van der Waals surface area contributed by atoms with E-state index in [-0.39, 0.29) is 10.0 Å². The molecule has 1 aliphatic rings. The highest BCUT2D eigenvalue weighted by Crippen LogP contribution is 2.52. The number of hydrogen-bond donors (Lipinski definition) is 0. The van der Waals surface area contributed by atoms with E-state index in [1.54, 1.807) is 25.4 Å². The van der Waals surface area contributed by atoms with Gasteiger partial charge in [0.25, 0.3) is 0 Å². The number of carbonyl (C=O) groups is 1. The summed E-state index contributed by atoms with van der Waals surface area (Å²) in [5, 5.41) is 0. The number of nitrogens with zero attached hydrogens (tertiary/aromatic N) is 1. The zero-order valence-electron chi connectivity index (χ0n) is 16.2. The van der Waals surface area contributed by atoms with Crippen LogP contribution in [0.3, 0.4) is 0 Å². The Bertz CT molecular complexity index is 886. The quantitative estimate of drug-likeness (QED) is 0.410. The number of carbonyl (C=O) groups excluding carboxylic acids is 1. The lowest BCUT2D eigenvalue weighted by atomic mass is 9.99. The van der Waals surface area contributed by atoms with Gasteiger partial charge in [0.15, 0.2) is 0 Å². The van der Waals surface area contributed by atoms with Gasteiger partial charge in [0.1, 0.15) is 11.7 Å². The summed E-state index contributed by atoms with van der Waals surface area (Å²) in [6.07, 6.45) is 8.53. The summed E-state index contributed by atoms with van der Waals surface area (Å²) in [6.45, 7) is 2.82. The smallest absolute Gasteiger partial charge is 0.325 e. The third-order valence-electron chi connectivity index (χ3n) is 4.64. The van der Waals surface area contributed by atoms with E-state index in [4.69, 9.17) is 9.47 Å². The van der Waals surface area contributed by atoms with E-state index in [0.29, 0.717) is 13.2 Å². The fraction of sp³-hybridized carbons (Fsp3) is 0.364. The highest BCUT2D eigenvalue weighted by molar-refractivity contribution is 8.16. The minimum atomic E-state index is -0.660. The molecular weight excluding hydrogens is 390 g/mol. The number of aromatic nitrogens is 1. The summed E-state index contributed by atoms with van der Waals surface area (Å²) in [5.74, 6) is 6.15. The molecule has 0 radical (unpaired) electrons. The van der Waals surface area contributed by atoms with E-state index in [2.05, 4.69) is 35.4 Å². The lowest BCUT2D eigenvalue weighted by Crippen LogP contribution is -2.26. The molecule has 2 aromatic rings. The molecule has 1 aliphatic heterocycles. The highest BCUT2D eigenvalue weighted by atomic mass is 32.2. The van der Waals surface area contributed by atoms with Crippen LogP contribution in [0.5, 0.6) is 5.75 Å². The van der Waals surface area contributed by atoms with Crippen LogP contribution in [0.1, 0.15) is 36.0 Å². The molecule has 0 bridgehead atoms. The van der Waals surface area contributed by atoms with Crippen LogP contribution >= 0.6 is 23.5 Å². The number of thioether (sulfide) groups is 2. The Morgan fingerprint density at radius 1 is 1.36 bits per heavy atom. The lowest BCUT2D eigenvalue weighted by molar-refractivity contribution is -0.143. The number of rotatable bonds is 5. The average molecular weight is 414 g/mol. The molecule has 0 amide bonds. The molecule has 3 rings (SSSR count). The molecule has 28 heavy (non-hydrogen) atoms. The summed E-state index contributed by atoms with van der Waals surface area (Å²) in [7, 11) is 0. The number of fused-ring (bicyclic) bond motifs is 1. The van der Waals surface area contributed by atoms with Gasteiger partial charge in [-0.2, -0.15) is 0 Å². The van der Waals surface area contributed by atoms with Crippen molar-refractivity contribution in [1.82, 2.24) is 4.98 Å². The third-order valence-corrected chi connectivity index (χ3v) is 7.81. The number of benzene rings is 1. The first-order chi connectivity index (χ1) is 13.6. The first kappa shape index (κ1) is 20.6. The van der Waals surface area contributed by atoms with Crippen LogP contribution in [0.2, 0.25) is 0 Å². The van der Waals surface area contributed by atoms with Gasteiger partial charge >= 0.3 is 5.97 Å². The molecule has 0 N–H and O–H groups in total. The SMILES string of the molecule is CCOC(=O)C(C#Cc1ccc2c(c1)C(SC)(SC)CCO2)c1cccnc1. The second kappa shape index (κ2) is 9.40. The minimum Gasteiger partial charge on any atom is -0.493 e. The molecule has 1 atom stereocenters. The van der Waals surface area contributed by atoms with Gasteiger partial charge in [-0.05, 0) is 49.3 Å². The Hall–Kier alpha value is -2.10. The molecule has 1 unspecified atom stereocenters. The molecule has 1 aromatic carbocycles. The first-order valence-electron chi connectivity index (χ1n) is 9.09. The standard InChI is InChI=1S/C22H23NO3S2/c1-4-25-21(24)18(17-6-5-12-23-15-17)9-7-16-8-10-20-19(14-16)22(27-2,28-3)11-13-26-20/h5-6,8,10,12,14-15,18H,4,11,13H2,1-3H3. The molecule has 6 heteroatoms. The van der Waals surface area contributed by atoms with Crippen molar-refractivity contribution in [3.63, 3.8) is 0 Å². The number of esters is 1. The minimum absolute atomic E-state index is 0.0326. The fourth-order valence-corrected chi connectivity index (χ4v) is 5.18. The van der Waals surface area contributed by atoms with Gasteiger partial charge in [-0.3, -0.25) is 9.78 Å². The predicted molar refractivity (Wildman–Crippen MR) is 116 cm³/mol. The second-order valence-electron chi connectivity index (χ2n) is 6.21.